The van der Waals surface area contributed by atoms with E-state index >= 15 is 0 Å². The van der Waals surface area contributed by atoms with Gasteiger partial charge in [0.05, 0.1) is 13.7 Å². The number of ether oxygens (including phenoxy) is 2. The van der Waals surface area contributed by atoms with Gasteiger partial charge in [-0.2, -0.15) is 0 Å². The van der Waals surface area contributed by atoms with E-state index in [1.807, 2.05) is 0 Å². The monoisotopic (exact) mass is 378 g/mol. The standard InChI is InChI=1S/C14H22N2O6S2/c1-6-22-13(20)14(3)16(8(2)17)9(7-24-14)10(18)15-11(23-5)12(19)21-4/h9,11H,6-7H2,1-5H3,(H,15,18). The van der Waals surface area contributed by atoms with E-state index in [0.717, 1.165) is 23.5 Å². The van der Waals surface area contributed by atoms with E-state index in [9.17, 15) is 19.2 Å². The molecule has 0 aromatic carbocycles. The molecule has 0 aliphatic carbocycles. The lowest BCUT2D eigenvalue weighted by Gasteiger charge is -2.34. The summed E-state index contributed by atoms with van der Waals surface area (Å²) in [4.78, 5) is 48.4. The molecule has 0 radical (unpaired) electrons. The molecule has 0 aromatic heterocycles. The maximum absolute atomic E-state index is 12.5. The summed E-state index contributed by atoms with van der Waals surface area (Å²) in [5.74, 6) is -1.88. The number of hydrogen-bond acceptors (Lipinski definition) is 8. The fourth-order valence-electron chi connectivity index (χ4n) is 2.36. The molecule has 2 amide bonds. The second kappa shape index (κ2) is 8.61. The first-order valence-corrected chi connectivity index (χ1v) is 9.52. The molecule has 1 rings (SSSR count). The van der Waals surface area contributed by atoms with Crippen LogP contribution in [0.3, 0.4) is 0 Å². The molecule has 1 N–H and O–H groups in total. The number of carbonyl (C=O) groups excluding carboxylic acids is 4. The zero-order chi connectivity index (χ0) is 18.5. The summed E-state index contributed by atoms with van der Waals surface area (Å²) in [6.07, 6.45) is 1.65. The van der Waals surface area contributed by atoms with Gasteiger partial charge < -0.3 is 19.7 Å². The molecule has 136 valence electrons. The van der Waals surface area contributed by atoms with Crippen molar-refractivity contribution >= 4 is 47.3 Å². The first kappa shape index (κ1) is 20.6. The van der Waals surface area contributed by atoms with Crippen molar-refractivity contribution in [2.45, 2.75) is 37.1 Å². The second-order valence-electron chi connectivity index (χ2n) is 5.07. The number of nitrogens with zero attached hydrogens (tertiary/aromatic N) is 1. The highest BCUT2D eigenvalue weighted by atomic mass is 32.2. The number of thioether (sulfide) groups is 2. The van der Waals surface area contributed by atoms with Crippen LogP contribution in [0.1, 0.15) is 20.8 Å². The molecule has 1 heterocycles. The van der Waals surface area contributed by atoms with Crippen LogP contribution in [0.25, 0.3) is 0 Å². The molecule has 0 aromatic rings. The average molecular weight is 378 g/mol. The number of carbonyl (C=O) groups is 4. The topological polar surface area (TPSA) is 102 Å². The van der Waals surface area contributed by atoms with Crippen LogP contribution in [0.4, 0.5) is 0 Å². The van der Waals surface area contributed by atoms with Gasteiger partial charge in [-0.3, -0.25) is 9.59 Å². The molecule has 3 unspecified atom stereocenters. The highest BCUT2D eigenvalue weighted by molar-refractivity contribution is 8.01. The minimum absolute atomic E-state index is 0.175. The molecular formula is C14H22N2O6S2. The van der Waals surface area contributed by atoms with Gasteiger partial charge in [-0.15, -0.1) is 23.5 Å². The normalized spacial score (nSPS) is 24.2. The lowest BCUT2D eigenvalue weighted by molar-refractivity contribution is -0.158. The van der Waals surface area contributed by atoms with Crippen molar-refractivity contribution in [1.29, 1.82) is 0 Å². The lowest BCUT2D eigenvalue weighted by Crippen LogP contribution is -2.57. The number of amides is 2. The van der Waals surface area contributed by atoms with E-state index in [1.54, 1.807) is 20.1 Å². The van der Waals surface area contributed by atoms with Crippen LogP contribution in [0.15, 0.2) is 0 Å². The Morgan fingerprint density at radius 1 is 1.42 bits per heavy atom. The molecule has 0 saturated carbocycles. The van der Waals surface area contributed by atoms with Crippen LogP contribution in [0, 0.1) is 0 Å². The zero-order valence-corrected chi connectivity index (χ0v) is 15.9. The van der Waals surface area contributed by atoms with Crippen LogP contribution < -0.4 is 5.32 Å². The van der Waals surface area contributed by atoms with E-state index in [-0.39, 0.29) is 12.4 Å². The van der Waals surface area contributed by atoms with Crippen LogP contribution in [0.2, 0.25) is 0 Å². The Hall–Kier alpha value is -1.42. The van der Waals surface area contributed by atoms with E-state index in [4.69, 9.17) is 4.74 Å². The van der Waals surface area contributed by atoms with Crippen LogP contribution in [0.5, 0.6) is 0 Å². The van der Waals surface area contributed by atoms with Gasteiger partial charge in [0, 0.05) is 12.7 Å². The fourth-order valence-corrected chi connectivity index (χ4v) is 4.24. The Kier molecular flexibility index (Phi) is 7.40. The maximum atomic E-state index is 12.5. The number of nitrogens with one attached hydrogen (secondary N) is 1. The van der Waals surface area contributed by atoms with Gasteiger partial charge in [0.25, 0.3) is 0 Å². The van der Waals surface area contributed by atoms with Crippen LogP contribution >= 0.6 is 23.5 Å². The van der Waals surface area contributed by atoms with Gasteiger partial charge in [-0.25, -0.2) is 9.59 Å². The molecule has 3 atom stereocenters. The van der Waals surface area contributed by atoms with Gasteiger partial charge in [-0.1, -0.05) is 0 Å². The second-order valence-corrected chi connectivity index (χ2v) is 7.43. The average Bonchev–Trinajstić information content (AvgIpc) is 2.91. The highest BCUT2D eigenvalue weighted by Crippen LogP contribution is 2.40. The number of esters is 2. The molecule has 8 nitrogen and oxygen atoms in total. The Morgan fingerprint density at radius 3 is 2.50 bits per heavy atom. The number of hydrogen-bond donors (Lipinski definition) is 1. The summed E-state index contributed by atoms with van der Waals surface area (Å²) in [5, 5.41) is 1.66. The molecule has 0 bridgehead atoms. The van der Waals surface area contributed by atoms with Crippen molar-refractivity contribution in [3.8, 4) is 0 Å². The summed E-state index contributed by atoms with van der Waals surface area (Å²) >= 11 is 2.27. The van der Waals surface area contributed by atoms with Gasteiger partial charge in [0.2, 0.25) is 11.8 Å². The van der Waals surface area contributed by atoms with Crippen LogP contribution in [-0.4, -0.2) is 70.7 Å². The summed E-state index contributed by atoms with van der Waals surface area (Å²) in [5.41, 5.74) is 0. The number of rotatable bonds is 6. The predicted octanol–water partition coefficient (Wildman–Crippen LogP) is 0.208. The quantitative estimate of drug-likeness (QED) is 0.517. The van der Waals surface area contributed by atoms with Gasteiger partial charge in [0.1, 0.15) is 6.04 Å². The van der Waals surface area contributed by atoms with Gasteiger partial charge in [-0.05, 0) is 20.1 Å². The van der Waals surface area contributed by atoms with E-state index in [2.05, 4.69) is 10.1 Å². The SMILES string of the molecule is CCOC(=O)C1(C)SCC(C(=O)NC(SC)C(=O)OC)N1C(C)=O. The highest BCUT2D eigenvalue weighted by Gasteiger charge is 2.54. The third kappa shape index (κ3) is 4.15. The van der Waals surface area contributed by atoms with Crippen molar-refractivity contribution in [1.82, 2.24) is 10.2 Å². The van der Waals surface area contributed by atoms with Crippen molar-refractivity contribution < 1.29 is 28.7 Å². The van der Waals surface area contributed by atoms with Gasteiger partial charge in [0.15, 0.2) is 10.2 Å². The molecule has 1 aliphatic heterocycles. The smallest absolute Gasteiger partial charge is 0.342 e. The molecule has 1 fully saturated rings. The van der Waals surface area contributed by atoms with Crippen molar-refractivity contribution in [3.05, 3.63) is 0 Å². The van der Waals surface area contributed by atoms with E-state index in [1.165, 1.54) is 18.9 Å². The molecule has 0 spiro atoms. The minimum atomic E-state index is -1.27. The zero-order valence-electron chi connectivity index (χ0n) is 14.3. The third-order valence-corrected chi connectivity index (χ3v) is 5.70. The lowest BCUT2D eigenvalue weighted by atomic mass is 10.2. The number of methoxy groups -OCH3 is 1. The molecule has 10 heteroatoms. The Balaban J connectivity index is 2.99. The molecule has 24 heavy (non-hydrogen) atoms. The third-order valence-electron chi connectivity index (χ3n) is 3.51. The summed E-state index contributed by atoms with van der Waals surface area (Å²) in [7, 11) is 1.23. The largest absolute Gasteiger partial charge is 0.467 e. The molecule has 1 aliphatic rings. The van der Waals surface area contributed by atoms with E-state index in [0.29, 0.717) is 0 Å². The first-order valence-electron chi connectivity index (χ1n) is 7.25. The van der Waals surface area contributed by atoms with Gasteiger partial charge >= 0.3 is 11.9 Å². The maximum Gasteiger partial charge on any atom is 0.342 e. The Labute approximate surface area is 149 Å². The van der Waals surface area contributed by atoms with Crippen molar-refractivity contribution in [3.63, 3.8) is 0 Å². The summed E-state index contributed by atoms with van der Waals surface area (Å²) in [6, 6.07) is -0.874. The first-order chi connectivity index (χ1) is 11.2. The van der Waals surface area contributed by atoms with Crippen molar-refractivity contribution in [2.75, 3.05) is 25.7 Å². The molecular weight excluding hydrogens is 356 g/mol. The molecule has 1 saturated heterocycles. The Bertz CT molecular complexity index is 529. The minimum Gasteiger partial charge on any atom is -0.467 e. The Morgan fingerprint density at radius 2 is 2.04 bits per heavy atom. The summed E-state index contributed by atoms with van der Waals surface area (Å²) < 4.78 is 9.65. The van der Waals surface area contributed by atoms with Crippen LogP contribution in [-0.2, 0) is 28.7 Å². The summed E-state index contributed by atoms with van der Waals surface area (Å²) in [6.45, 7) is 4.68. The fraction of sp³-hybridized carbons (Fsp3) is 0.714. The van der Waals surface area contributed by atoms with Crippen molar-refractivity contribution in [2.24, 2.45) is 0 Å². The van der Waals surface area contributed by atoms with E-state index < -0.39 is 40.0 Å². The predicted molar refractivity (Wildman–Crippen MR) is 91.3 cm³/mol.